The zero-order chi connectivity index (χ0) is 9.68. The van der Waals surface area contributed by atoms with Crippen LogP contribution >= 0.6 is 0 Å². The molecule has 1 rings (SSSR count). The predicted octanol–water partition coefficient (Wildman–Crippen LogP) is 0.400. The number of rotatable bonds is 5. The molecule has 0 aromatic heterocycles. The monoisotopic (exact) mass is 185 g/mol. The minimum absolute atomic E-state index is 0.0870. The van der Waals surface area contributed by atoms with Gasteiger partial charge in [0.15, 0.2) is 0 Å². The Bertz CT molecular complexity index is 172. The van der Waals surface area contributed by atoms with E-state index in [2.05, 4.69) is 24.5 Å². The SMILES string of the molecule is CCNCCCN1C(=O)NCC1C. The molecule has 0 aromatic carbocycles. The van der Waals surface area contributed by atoms with Crippen molar-refractivity contribution < 1.29 is 4.79 Å². The molecule has 1 aliphatic heterocycles. The topological polar surface area (TPSA) is 44.4 Å². The lowest BCUT2D eigenvalue weighted by atomic mass is 10.3. The Kier molecular flexibility index (Phi) is 4.02. The van der Waals surface area contributed by atoms with Gasteiger partial charge < -0.3 is 15.5 Å². The zero-order valence-corrected chi connectivity index (χ0v) is 8.47. The zero-order valence-electron chi connectivity index (χ0n) is 8.47. The van der Waals surface area contributed by atoms with Gasteiger partial charge in [0.1, 0.15) is 0 Å². The molecular weight excluding hydrogens is 166 g/mol. The van der Waals surface area contributed by atoms with E-state index >= 15 is 0 Å². The minimum atomic E-state index is 0.0870. The Balaban J connectivity index is 2.16. The van der Waals surface area contributed by atoms with Gasteiger partial charge in [-0.05, 0) is 26.4 Å². The van der Waals surface area contributed by atoms with Gasteiger partial charge in [0, 0.05) is 19.1 Å². The average Bonchev–Trinajstić information content (AvgIpc) is 2.42. The lowest BCUT2D eigenvalue weighted by Gasteiger charge is -2.19. The number of urea groups is 1. The first-order valence-electron chi connectivity index (χ1n) is 5.01. The van der Waals surface area contributed by atoms with Gasteiger partial charge in [0.25, 0.3) is 0 Å². The van der Waals surface area contributed by atoms with Crippen molar-refractivity contribution in [1.29, 1.82) is 0 Å². The molecule has 1 aliphatic rings. The molecule has 0 bridgehead atoms. The van der Waals surface area contributed by atoms with Crippen LogP contribution in [0.2, 0.25) is 0 Å². The van der Waals surface area contributed by atoms with E-state index in [0.717, 1.165) is 32.6 Å². The largest absolute Gasteiger partial charge is 0.336 e. The highest BCUT2D eigenvalue weighted by molar-refractivity contribution is 5.76. The summed E-state index contributed by atoms with van der Waals surface area (Å²) in [5.41, 5.74) is 0. The maximum Gasteiger partial charge on any atom is 0.317 e. The van der Waals surface area contributed by atoms with Crippen LogP contribution in [0.25, 0.3) is 0 Å². The molecule has 1 saturated heterocycles. The smallest absolute Gasteiger partial charge is 0.317 e. The highest BCUT2D eigenvalue weighted by atomic mass is 16.2. The van der Waals surface area contributed by atoms with Crippen LogP contribution in [0.5, 0.6) is 0 Å². The van der Waals surface area contributed by atoms with E-state index in [-0.39, 0.29) is 6.03 Å². The molecule has 0 spiro atoms. The molecule has 1 atom stereocenters. The summed E-state index contributed by atoms with van der Waals surface area (Å²) in [6, 6.07) is 0.443. The lowest BCUT2D eigenvalue weighted by molar-refractivity contribution is 0.206. The van der Waals surface area contributed by atoms with Crippen molar-refractivity contribution in [3.63, 3.8) is 0 Å². The molecule has 4 heteroatoms. The third kappa shape index (κ3) is 2.88. The highest BCUT2D eigenvalue weighted by Crippen LogP contribution is 2.05. The fraction of sp³-hybridized carbons (Fsp3) is 0.889. The second kappa shape index (κ2) is 5.07. The van der Waals surface area contributed by atoms with Crippen LogP contribution < -0.4 is 10.6 Å². The van der Waals surface area contributed by atoms with Crippen LogP contribution in [0.1, 0.15) is 20.3 Å². The molecule has 4 nitrogen and oxygen atoms in total. The van der Waals surface area contributed by atoms with Crippen molar-refractivity contribution in [3.05, 3.63) is 0 Å². The lowest BCUT2D eigenvalue weighted by Crippen LogP contribution is -2.34. The Morgan fingerprint density at radius 2 is 2.46 bits per heavy atom. The van der Waals surface area contributed by atoms with Gasteiger partial charge in [-0.2, -0.15) is 0 Å². The van der Waals surface area contributed by atoms with Crippen LogP contribution in [0.3, 0.4) is 0 Å². The fourth-order valence-corrected chi connectivity index (χ4v) is 1.52. The molecule has 1 heterocycles. The number of carbonyl (C=O) groups is 1. The molecule has 13 heavy (non-hydrogen) atoms. The molecule has 76 valence electrons. The maximum atomic E-state index is 11.2. The fourth-order valence-electron chi connectivity index (χ4n) is 1.52. The standard InChI is InChI=1S/C9H19N3O/c1-3-10-5-4-6-12-8(2)7-11-9(12)13/h8,10H,3-7H2,1-2H3,(H,11,13). The van der Waals surface area contributed by atoms with E-state index in [0.29, 0.717) is 6.04 Å². The van der Waals surface area contributed by atoms with Gasteiger partial charge in [-0.15, -0.1) is 0 Å². The summed E-state index contributed by atoms with van der Waals surface area (Å²) in [4.78, 5) is 13.1. The molecule has 2 amide bonds. The molecule has 1 unspecified atom stereocenters. The molecule has 0 saturated carbocycles. The summed E-state index contributed by atoms with van der Waals surface area (Å²) >= 11 is 0. The normalized spacial score (nSPS) is 22.2. The van der Waals surface area contributed by atoms with Crippen LogP contribution in [0.4, 0.5) is 4.79 Å². The Morgan fingerprint density at radius 3 is 3.00 bits per heavy atom. The quantitative estimate of drug-likeness (QED) is 0.609. The van der Waals surface area contributed by atoms with Gasteiger partial charge in [0.2, 0.25) is 0 Å². The molecule has 0 radical (unpaired) electrons. The number of carbonyl (C=O) groups excluding carboxylic acids is 1. The van der Waals surface area contributed by atoms with Gasteiger partial charge >= 0.3 is 6.03 Å². The third-order valence-electron chi connectivity index (χ3n) is 2.34. The first-order chi connectivity index (χ1) is 6.25. The molecule has 2 N–H and O–H groups in total. The molecule has 0 aliphatic carbocycles. The number of nitrogens with one attached hydrogen (secondary N) is 2. The van der Waals surface area contributed by atoms with Crippen molar-refractivity contribution in [2.24, 2.45) is 0 Å². The number of hydrogen-bond donors (Lipinski definition) is 2. The van der Waals surface area contributed by atoms with E-state index in [4.69, 9.17) is 0 Å². The van der Waals surface area contributed by atoms with Crippen molar-refractivity contribution in [3.8, 4) is 0 Å². The third-order valence-corrected chi connectivity index (χ3v) is 2.34. The van der Waals surface area contributed by atoms with Crippen molar-refractivity contribution >= 4 is 6.03 Å². The predicted molar refractivity (Wildman–Crippen MR) is 52.7 cm³/mol. The minimum Gasteiger partial charge on any atom is -0.336 e. The van der Waals surface area contributed by atoms with Crippen LogP contribution in [0, 0.1) is 0 Å². The number of amides is 2. The Hall–Kier alpha value is -0.770. The summed E-state index contributed by atoms with van der Waals surface area (Å²) in [6.07, 6.45) is 1.03. The second-order valence-corrected chi connectivity index (χ2v) is 3.44. The summed E-state index contributed by atoms with van der Waals surface area (Å²) in [5, 5.41) is 6.07. The molecule has 1 fully saturated rings. The number of hydrogen-bond acceptors (Lipinski definition) is 2. The van der Waals surface area contributed by atoms with E-state index < -0.39 is 0 Å². The molecule has 0 aromatic rings. The van der Waals surface area contributed by atoms with E-state index in [9.17, 15) is 4.79 Å². The van der Waals surface area contributed by atoms with E-state index in [1.54, 1.807) is 0 Å². The first-order valence-corrected chi connectivity index (χ1v) is 5.01. The van der Waals surface area contributed by atoms with Gasteiger partial charge in [0.05, 0.1) is 0 Å². The van der Waals surface area contributed by atoms with Gasteiger partial charge in [-0.3, -0.25) is 0 Å². The summed E-state index contributed by atoms with van der Waals surface area (Å²) in [7, 11) is 0. The number of nitrogens with zero attached hydrogens (tertiary/aromatic N) is 1. The average molecular weight is 185 g/mol. The maximum absolute atomic E-state index is 11.2. The summed E-state index contributed by atoms with van der Waals surface area (Å²) in [5.74, 6) is 0. The van der Waals surface area contributed by atoms with Crippen molar-refractivity contribution in [1.82, 2.24) is 15.5 Å². The second-order valence-electron chi connectivity index (χ2n) is 3.44. The molecular formula is C9H19N3O. The summed E-state index contributed by atoms with van der Waals surface area (Å²) in [6.45, 7) is 7.81. The van der Waals surface area contributed by atoms with E-state index in [1.807, 2.05) is 4.90 Å². The van der Waals surface area contributed by atoms with Crippen molar-refractivity contribution in [2.45, 2.75) is 26.3 Å². The van der Waals surface area contributed by atoms with Gasteiger partial charge in [-0.25, -0.2) is 4.79 Å². The van der Waals surface area contributed by atoms with Crippen LogP contribution in [-0.2, 0) is 0 Å². The first kappa shape index (κ1) is 10.3. The Morgan fingerprint density at radius 1 is 1.69 bits per heavy atom. The van der Waals surface area contributed by atoms with E-state index in [1.165, 1.54) is 0 Å². The summed E-state index contributed by atoms with van der Waals surface area (Å²) < 4.78 is 0. The highest BCUT2D eigenvalue weighted by Gasteiger charge is 2.25. The van der Waals surface area contributed by atoms with Crippen molar-refractivity contribution in [2.75, 3.05) is 26.2 Å². The Labute approximate surface area is 79.7 Å². The van der Waals surface area contributed by atoms with Gasteiger partial charge in [-0.1, -0.05) is 6.92 Å². The van der Waals surface area contributed by atoms with Crippen LogP contribution in [-0.4, -0.2) is 43.2 Å². The van der Waals surface area contributed by atoms with Crippen LogP contribution in [0.15, 0.2) is 0 Å².